The molecular formula is C14H17BrN2O2. The molecule has 5 heteroatoms. The van der Waals surface area contributed by atoms with E-state index in [0.29, 0.717) is 24.9 Å². The van der Waals surface area contributed by atoms with Gasteiger partial charge in [0.15, 0.2) is 0 Å². The smallest absolute Gasteiger partial charge is 0.252 e. The molecule has 0 saturated carbocycles. The Balaban J connectivity index is 2.05. The van der Waals surface area contributed by atoms with Gasteiger partial charge in [0.25, 0.3) is 5.91 Å². The Morgan fingerprint density at radius 2 is 2.21 bits per heavy atom. The van der Waals surface area contributed by atoms with Crippen LogP contribution in [0.2, 0.25) is 0 Å². The number of carbonyl (C=O) groups is 2. The van der Waals surface area contributed by atoms with E-state index < -0.39 is 0 Å². The lowest BCUT2D eigenvalue weighted by atomic mass is 10.0. The van der Waals surface area contributed by atoms with Crippen molar-refractivity contribution in [3.63, 3.8) is 0 Å². The number of hydrogen-bond donors (Lipinski definition) is 1. The monoisotopic (exact) mass is 324 g/mol. The van der Waals surface area contributed by atoms with Crippen molar-refractivity contribution in [1.29, 1.82) is 0 Å². The molecular weight excluding hydrogens is 308 g/mol. The Kier molecular flexibility index (Phi) is 4.24. The minimum absolute atomic E-state index is 0.0302. The first-order valence-corrected chi connectivity index (χ1v) is 7.07. The molecule has 0 bridgehead atoms. The molecule has 0 radical (unpaired) electrons. The van der Waals surface area contributed by atoms with Gasteiger partial charge >= 0.3 is 0 Å². The molecule has 1 aliphatic heterocycles. The van der Waals surface area contributed by atoms with Crippen LogP contribution in [0.25, 0.3) is 0 Å². The molecule has 1 aliphatic rings. The highest BCUT2D eigenvalue weighted by Crippen LogP contribution is 2.19. The van der Waals surface area contributed by atoms with Crippen molar-refractivity contribution < 1.29 is 9.59 Å². The SMILES string of the molecule is Cc1ccc(Br)c(C(=O)NC2CCC(=O)N(C)C2)c1. The highest BCUT2D eigenvalue weighted by Gasteiger charge is 2.24. The molecule has 19 heavy (non-hydrogen) atoms. The van der Waals surface area contributed by atoms with Crippen LogP contribution in [-0.2, 0) is 4.79 Å². The molecule has 1 N–H and O–H groups in total. The standard InChI is InChI=1S/C14H17BrN2O2/c1-9-3-5-12(15)11(7-9)14(19)16-10-4-6-13(18)17(2)8-10/h3,5,7,10H,4,6,8H2,1-2H3,(H,16,19). The molecule has 1 unspecified atom stereocenters. The van der Waals surface area contributed by atoms with E-state index in [1.807, 2.05) is 25.1 Å². The van der Waals surface area contributed by atoms with Gasteiger partial charge in [-0.05, 0) is 41.4 Å². The van der Waals surface area contributed by atoms with Crippen molar-refractivity contribution in [2.24, 2.45) is 0 Å². The number of halogens is 1. The maximum atomic E-state index is 12.2. The highest BCUT2D eigenvalue weighted by atomic mass is 79.9. The molecule has 102 valence electrons. The van der Waals surface area contributed by atoms with Gasteiger partial charge in [-0.1, -0.05) is 11.6 Å². The van der Waals surface area contributed by atoms with Crippen LogP contribution in [0, 0.1) is 6.92 Å². The van der Waals surface area contributed by atoms with E-state index in [0.717, 1.165) is 10.0 Å². The Hall–Kier alpha value is -1.36. The Morgan fingerprint density at radius 1 is 1.47 bits per heavy atom. The maximum Gasteiger partial charge on any atom is 0.252 e. The number of piperidine rings is 1. The minimum atomic E-state index is -0.0941. The van der Waals surface area contributed by atoms with Gasteiger partial charge in [-0.15, -0.1) is 0 Å². The van der Waals surface area contributed by atoms with Gasteiger partial charge < -0.3 is 10.2 Å². The molecule has 0 aromatic heterocycles. The summed E-state index contributed by atoms with van der Waals surface area (Å²) in [4.78, 5) is 25.3. The number of rotatable bonds is 2. The molecule has 1 atom stereocenters. The maximum absolute atomic E-state index is 12.2. The van der Waals surface area contributed by atoms with Crippen LogP contribution in [0.5, 0.6) is 0 Å². The third-order valence-corrected chi connectivity index (χ3v) is 4.02. The van der Waals surface area contributed by atoms with Gasteiger partial charge in [-0.25, -0.2) is 0 Å². The summed E-state index contributed by atoms with van der Waals surface area (Å²) in [5, 5.41) is 2.99. The number of nitrogens with one attached hydrogen (secondary N) is 1. The second-order valence-corrected chi connectivity index (χ2v) is 5.82. The number of hydrogen-bond acceptors (Lipinski definition) is 2. The van der Waals surface area contributed by atoms with Crippen LogP contribution >= 0.6 is 15.9 Å². The summed E-state index contributed by atoms with van der Waals surface area (Å²) in [6.45, 7) is 2.53. The van der Waals surface area contributed by atoms with Gasteiger partial charge in [0.1, 0.15) is 0 Å². The second kappa shape index (κ2) is 5.74. The van der Waals surface area contributed by atoms with E-state index in [1.54, 1.807) is 11.9 Å². The number of likely N-dealkylation sites (N-methyl/N-ethyl adjacent to an activating group) is 1. The lowest BCUT2D eigenvalue weighted by molar-refractivity contribution is -0.132. The van der Waals surface area contributed by atoms with Gasteiger partial charge in [-0.2, -0.15) is 0 Å². The van der Waals surface area contributed by atoms with Crippen molar-refractivity contribution in [3.8, 4) is 0 Å². The third-order valence-electron chi connectivity index (χ3n) is 3.33. The summed E-state index contributed by atoms with van der Waals surface area (Å²) in [6.07, 6.45) is 1.20. The first kappa shape index (κ1) is 14.1. The Labute approximate surface area is 121 Å². The number of nitrogens with zero attached hydrogens (tertiary/aromatic N) is 1. The third kappa shape index (κ3) is 3.35. The van der Waals surface area contributed by atoms with Crippen LogP contribution in [0.3, 0.4) is 0 Å². The molecule has 1 aromatic rings. The van der Waals surface area contributed by atoms with Crippen molar-refractivity contribution in [1.82, 2.24) is 10.2 Å². The van der Waals surface area contributed by atoms with Crippen LogP contribution in [0.1, 0.15) is 28.8 Å². The minimum Gasteiger partial charge on any atom is -0.347 e. The largest absolute Gasteiger partial charge is 0.347 e. The van der Waals surface area contributed by atoms with E-state index in [2.05, 4.69) is 21.2 Å². The number of amides is 2. The Morgan fingerprint density at radius 3 is 2.89 bits per heavy atom. The number of benzene rings is 1. The van der Waals surface area contributed by atoms with Crippen molar-refractivity contribution in [3.05, 3.63) is 33.8 Å². The van der Waals surface area contributed by atoms with Gasteiger partial charge in [0.2, 0.25) is 5.91 Å². The lowest BCUT2D eigenvalue weighted by Crippen LogP contribution is -2.48. The van der Waals surface area contributed by atoms with E-state index in [9.17, 15) is 9.59 Å². The van der Waals surface area contributed by atoms with Crippen LogP contribution in [-0.4, -0.2) is 36.3 Å². The molecule has 4 nitrogen and oxygen atoms in total. The summed E-state index contributed by atoms with van der Waals surface area (Å²) in [5.74, 6) is 0.0468. The first-order valence-electron chi connectivity index (χ1n) is 6.28. The molecule has 1 aromatic carbocycles. The average molecular weight is 325 g/mol. The summed E-state index contributed by atoms with van der Waals surface area (Å²) >= 11 is 3.39. The number of carbonyl (C=O) groups excluding carboxylic acids is 2. The van der Waals surface area contributed by atoms with Crippen LogP contribution in [0.15, 0.2) is 22.7 Å². The second-order valence-electron chi connectivity index (χ2n) is 4.97. The van der Waals surface area contributed by atoms with E-state index >= 15 is 0 Å². The molecule has 0 aliphatic carbocycles. The normalized spacial score (nSPS) is 19.4. The fraction of sp³-hybridized carbons (Fsp3) is 0.429. The first-order chi connectivity index (χ1) is 8.97. The fourth-order valence-corrected chi connectivity index (χ4v) is 2.63. The molecule has 0 spiro atoms. The summed E-state index contributed by atoms with van der Waals surface area (Å²) < 4.78 is 0.788. The summed E-state index contributed by atoms with van der Waals surface area (Å²) in [5.41, 5.74) is 1.68. The van der Waals surface area contributed by atoms with E-state index in [4.69, 9.17) is 0 Å². The zero-order valence-corrected chi connectivity index (χ0v) is 12.7. The fourth-order valence-electron chi connectivity index (χ4n) is 2.21. The quantitative estimate of drug-likeness (QED) is 0.905. The zero-order valence-electron chi connectivity index (χ0n) is 11.1. The van der Waals surface area contributed by atoms with Crippen molar-refractivity contribution in [2.45, 2.75) is 25.8 Å². The predicted molar refractivity (Wildman–Crippen MR) is 77.0 cm³/mol. The topological polar surface area (TPSA) is 49.4 Å². The summed E-state index contributed by atoms with van der Waals surface area (Å²) in [7, 11) is 1.77. The number of likely N-dealkylation sites (tertiary alicyclic amines) is 1. The predicted octanol–water partition coefficient (Wildman–Crippen LogP) is 2.11. The van der Waals surface area contributed by atoms with Gasteiger partial charge in [0, 0.05) is 30.5 Å². The van der Waals surface area contributed by atoms with E-state index in [-0.39, 0.29) is 17.9 Å². The molecule has 2 rings (SSSR count). The Bertz CT molecular complexity index is 516. The van der Waals surface area contributed by atoms with Gasteiger partial charge in [0.05, 0.1) is 5.56 Å². The number of aryl methyl sites for hydroxylation is 1. The average Bonchev–Trinajstić information content (AvgIpc) is 2.36. The van der Waals surface area contributed by atoms with Crippen molar-refractivity contribution in [2.75, 3.05) is 13.6 Å². The van der Waals surface area contributed by atoms with Crippen molar-refractivity contribution >= 4 is 27.7 Å². The highest BCUT2D eigenvalue weighted by molar-refractivity contribution is 9.10. The van der Waals surface area contributed by atoms with Crippen LogP contribution < -0.4 is 5.32 Å². The zero-order chi connectivity index (χ0) is 14.0. The van der Waals surface area contributed by atoms with Gasteiger partial charge in [-0.3, -0.25) is 9.59 Å². The van der Waals surface area contributed by atoms with E-state index in [1.165, 1.54) is 0 Å². The molecule has 2 amide bonds. The molecule has 1 saturated heterocycles. The lowest BCUT2D eigenvalue weighted by Gasteiger charge is -2.30. The molecule has 1 fully saturated rings. The summed E-state index contributed by atoms with van der Waals surface area (Å²) in [6, 6.07) is 5.72. The molecule has 1 heterocycles. The van der Waals surface area contributed by atoms with Crippen LogP contribution in [0.4, 0.5) is 0 Å².